The SMILES string of the molecule is O=C(Cc1noc(-c2ccn(-c3ccccc3Cl)n2)n1)Nc1ccc(F)c(Cl)c1. The van der Waals surface area contributed by atoms with Gasteiger partial charge < -0.3 is 9.84 Å². The minimum Gasteiger partial charge on any atom is -0.332 e. The molecule has 0 radical (unpaired) electrons. The van der Waals surface area contributed by atoms with E-state index in [1.807, 2.05) is 18.2 Å². The number of carbonyl (C=O) groups is 1. The van der Waals surface area contributed by atoms with Gasteiger partial charge in [-0.25, -0.2) is 9.07 Å². The molecule has 0 unspecified atom stereocenters. The summed E-state index contributed by atoms with van der Waals surface area (Å²) in [5.41, 5.74) is 1.51. The highest BCUT2D eigenvalue weighted by Gasteiger charge is 2.16. The summed E-state index contributed by atoms with van der Waals surface area (Å²) in [5, 5.41) is 11.2. The molecule has 0 atom stereocenters. The third kappa shape index (κ3) is 4.28. The predicted octanol–water partition coefficient (Wildman–Crippen LogP) is 4.55. The smallest absolute Gasteiger partial charge is 0.278 e. The van der Waals surface area contributed by atoms with E-state index in [0.717, 1.165) is 0 Å². The van der Waals surface area contributed by atoms with Gasteiger partial charge in [0.1, 0.15) is 5.82 Å². The number of rotatable bonds is 5. The van der Waals surface area contributed by atoms with Crippen LogP contribution in [0.15, 0.2) is 59.3 Å². The quantitative estimate of drug-likeness (QED) is 0.500. The lowest BCUT2D eigenvalue weighted by Crippen LogP contribution is -2.15. The Morgan fingerprint density at radius 2 is 1.97 bits per heavy atom. The highest BCUT2D eigenvalue weighted by Crippen LogP contribution is 2.22. The summed E-state index contributed by atoms with van der Waals surface area (Å²) in [7, 11) is 0. The van der Waals surface area contributed by atoms with Gasteiger partial charge in [-0.15, -0.1) is 0 Å². The van der Waals surface area contributed by atoms with Crippen LogP contribution in [0, 0.1) is 5.82 Å². The van der Waals surface area contributed by atoms with Gasteiger partial charge in [-0.3, -0.25) is 4.79 Å². The molecule has 4 rings (SSSR count). The van der Waals surface area contributed by atoms with Gasteiger partial charge in [0.15, 0.2) is 11.5 Å². The first kappa shape index (κ1) is 19.1. The molecule has 2 aromatic carbocycles. The molecule has 7 nitrogen and oxygen atoms in total. The van der Waals surface area contributed by atoms with E-state index in [0.29, 0.717) is 22.1 Å². The number of carbonyl (C=O) groups excluding carboxylic acids is 1. The molecule has 0 aliphatic rings. The van der Waals surface area contributed by atoms with E-state index >= 15 is 0 Å². The van der Waals surface area contributed by atoms with Gasteiger partial charge in [0.05, 0.1) is 22.2 Å². The van der Waals surface area contributed by atoms with Crippen molar-refractivity contribution in [2.75, 3.05) is 5.32 Å². The van der Waals surface area contributed by atoms with E-state index in [9.17, 15) is 9.18 Å². The molecule has 146 valence electrons. The average molecular weight is 432 g/mol. The first-order valence-corrected chi connectivity index (χ1v) is 9.13. The fraction of sp³-hybridized carbons (Fsp3) is 0.0526. The van der Waals surface area contributed by atoms with Crippen molar-refractivity contribution in [3.05, 3.63) is 76.4 Å². The lowest BCUT2D eigenvalue weighted by molar-refractivity contribution is -0.115. The molecule has 0 saturated carbocycles. The van der Waals surface area contributed by atoms with E-state index in [4.69, 9.17) is 27.7 Å². The Morgan fingerprint density at radius 1 is 1.14 bits per heavy atom. The Labute approximate surface area is 174 Å². The van der Waals surface area contributed by atoms with E-state index in [2.05, 4.69) is 20.6 Å². The number of hydrogen-bond acceptors (Lipinski definition) is 5. The van der Waals surface area contributed by atoms with E-state index < -0.39 is 11.7 Å². The molecular formula is C19H12Cl2FN5O2. The van der Waals surface area contributed by atoms with Gasteiger partial charge in [0, 0.05) is 11.9 Å². The monoisotopic (exact) mass is 431 g/mol. The largest absolute Gasteiger partial charge is 0.332 e. The normalized spacial score (nSPS) is 10.9. The Hall–Kier alpha value is -3.23. The first-order valence-electron chi connectivity index (χ1n) is 8.38. The van der Waals surface area contributed by atoms with Crippen LogP contribution in [0.3, 0.4) is 0 Å². The minimum atomic E-state index is -0.566. The Balaban J connectivity index is 1.45. The van der Waals surface area contributed by atoms with Crippen LogP contribution < -0.4 is 5.32 Å². The maximum Gasteiger partial charge on any atom is 0.278 e. The van der Waals surface area contributed by atoms with Crippen LogP contribution in [0.25, 0.3) is 17.3 Å². The van der Waals surface area contributed by atoms with Crippen molar-refractivity contribution in [1.82, 2.24) is 19.9 Å². The molecule has 0 saturated heterocycles. The summed E-state index contributed by atoms with van der Waals surface area (Å²) in [5.74, 6) is -0.619. The molecule has 1 amide bonds. The van der Waals surface area contributed by atoms with Gasteiger partial charge in [-0.1, -0.05) is 40.5 Å². The van der Waals surface area contributed by atoms with Crippen LogP contribution >= 0.6 is 23.2 Å². The molecule has 2 aromatic heterocycles. The van der Waals surface area contributed by atoms with Crippen LogP contribution in [0.2, 0.25) is 10.0 Å². The fourth-order valence-electron chi connectivity index (χ4n) is 2.56. The molecule has 1 N–H and O–H groups in total. The number of halogens is 3. The Morgan fingerprint density at radius 3 is 2.76 bits per heavy atom. The number of nitrogens with one attached hydrogen (secondary N) is 1. The van der Waals surface area contributed by atoms with Gasteiger partial charge in [-0.05, 0) is 36.4 Å². The lowest BCUT2D eigenvalue weighted by Gasteiger charge is -2.04. The number of para-hydroxylation sites is 1. The fourth-order valence-corrected chi connectivity index (χ4v) is 2.97. The molecule has 4 aromatic rings. The zero-order valence-corrected chi connectivity index (χ0v) is 16.2. The summed E-state index contributed by atoms with van der Waals surface area (Å²) in [6.07, 6.45) is 1.58. The predicted molar refractivity (Wildman–Crippen MR) is 106 cm³/mol. The third-order valence-electron chi connectivity index (χ3n) is 3.90. The van der Waals surface area contributed by atoms with E-state index in [-0.39, 0.29) is 23.2 Å². The van der Waals surface area contributed by atoms with Crippen molar-refractivity contribution in [2.24, 2.45) is 0 Å². The summed E-state index contributed by atoms with van der Waals surface area (Å²) in [4.78, 5) is 16.3. The highest BCUT2D eigenvalue weighted by atomic mass is 35.5. The molecule has 0 spiro atoms. The van der Waals surface area contributed by atoms with E-state index in [1.165, 1.54) is 18.2 Å². The lowest BCUT2D eigenvalue weighted by atomic mass is 10.3. The second-order valence-electron chi connectivity index (χ2n) is 5.97. The van der Waals surface area contributed by atoms with Gasteiger partial charge in [0.2, 0.25) is 5.91 Å². The number of aromatic nitrogens is 4. The first-order chi connectivity index (χ1) is 14.0. The number of amides is 1. The summed E-state index contributed by atoms with van der Waals surface area (Å²) >= 11 is 11.9. The highest BCUT2D eigenvalue weighted by molar-refractivity contribution is 6.32. The van der Waals surface area contributed by atoms with Crippen LogP contribution in [-0.4, -0.2) is 25.8 Å². The van der Waals surface area contributed by atoms with Gasteiger partial charge in [-0.2, -0.15) is 10.1 Å². The zero-order chi connectivity index (χ0) is 20.4. The van der Waals surface area contributed by atoms with Gasteiger partial charge in [0.25, 0.3) is 5.89 Å². The van der Waals surface area contributed by atoms with Crippen LogP contribution in [0.1, 0.15) is 5.82 Å². The Bertz CT molecular complexity index is 1190. The number of hydrogen-bond donors (Lipinski definition) is 1. The second kappa shape index (κ2) is 8.02. The van der Waals surface area contributed by atoms with Crippen molar-refractivity contribution in [3.63, 3.8) is 0 Å². The number of nitrogens with zero attached hydrogens (tertiary/aromatic N) is 4. The molecule has 0 aliphatic carbocycles. The molecule has 10 heteroatoms. The number of anilines is 1. The van der Waals surface area contributed by atoms with Crippen molar-refractivity contribution in [2.45, 2.75) is 6.42 Å². The van der Waals surface area contributed by atoms with Gasteiger partial charge >= 0.3 is 0 Å². The standard InChI is InChI=1S/C19H12Cl2FN5O2/c20-12-3-1-2-4-16(12)27-8-7-15(25-27)19-24-17(26-29-19)10-18(28)23-11-5-6-14(22)13(21)9-11/h1-9H,10H2,(H,23,28). The summed E-state index contributed by atoms with van der Waals surface area (Å²) in [6, 6.07) is 12.8. The molecule has 0 fully saturated rings. The van der Waals surface area contributed by atoms with E-state index in [1.54, 1.807) is 23.0 Å². The summed E-state index contributed by atoms with van der Waals surface area (Å²) in [6.45, 7) is 0. The summed E-state index contributed by atoms with van der Waals surface area (Å²) < 4.78 is 20.0. The van der Waals surface area contributed by atoms with Crippen LogP contribution in [-0.2, 0) is 11.2 Å². The number of benzene rings is 2. The van der Waals surface area contributed by atoms with Crippen molar-refractivity contribution in [1.29, 1.82) is 0 Å². The van der Waals surface area contributed by atoms with Crippen LogP contribution in [0.4, 0.5) is 10.1 Å². The molecule has 0 aliphatic heterocycles. The van der Waals surface area contributed by atoms with Crippen LogP contribution in [0.5, 0.6) is 0 Å². The maximum absolute atomic E-state index is 13.2. The average Bonchev–Trinajstić information content (AvgIpc) is 3.34. The molecule has 0 bridgehead atoms. The molecule has 29 heavy (non-hydrogen) atoms. The van der Waals surface area contributed by atoms with Crippen molar-refractivity contribution < 1.29 is 13.7 Å². The minimum absolute atomic E-state index is 0.0845. The van der Waals surface area contributed by atoms with Crippen molar-refractivity contribution >= 4 is 34.8 Å². The molecule has 2 heterocycles. The Kier molecular flexibility index (Phi) is 5.28. The third-order valence-corrected chi connectivity index (χ3v) is 4.51. The molecular weight excluding hydrogens is 420 g/mol. The topological polar surface area (TPSA) is 85.8 Å². The van der Waals surface area contributed by atoms with Crippen molar-refractivity contribution in [3.8, 4) is 17.3 Å². The second-order valence-corrected chi connectivity index (χ2v) is 6.78. The maximum atomic E-state index is 13.2. The zero-order valence-electron chi connectivity index (χ0n) is 14.6.